The van der Waals surface area contributed by atoms with E-state index in [9.17, 15) is 0 Å². The SMILES string of the molecule is c1ccc(-c2cc(-c3ccc4c(c3)-c3cc(-c5cc(-c6cccnc6)cc(-c6cccnc6)c5)ccc3OCO4)cc(-c3ccccc3)n2)cc1. The number of hydrogen-bond acceptors (Lipinski definition) is 5. The predicted molar refractivity (Wildman–Crippen MR) is 204 cm³/mol. The van der Waals surface area contributed by atoms with Crippen molar-refractivity contribution < 1.29 is 9.47 Å². The van der Waals surface area contributed by atoms with Crippen LogP contribution in [-0.4, -0.2) is 21.7 Å². The summed E-state index contributed by atoms with van der Waals surface area (Å²) in [5.41, 5.74) is 14.4. The Hall–Kier alpha value is -6.85. The summed E-state index contributed by atoms with van der Waals surface area (Å²) in [6.45, 7) is 0.131. The fourth-order valence-electron chi connectivity index (χ4n) is 6.65. The largest absolute Gasteiger partial charge is 0.457 e. The van der Waals surface area contributed by atoms with Gasteiger partial charge in [-0.2, -0.15) is 0 Å². The number of ether oxygens (including phenoxy) is 2. The first kappa shape index (κ1) is 30.2. The Labute approximate surface area is 296 Å². The highest BCUT2D eigenvalue weighted by atomic mass is 16.7. The molecule has 0 fully saturated rings. The number of pyridine rings is 3. The average Bonchev–Trinajstić information content (AvgIpc) is 3.40. The number of benzene rings is 5. The van der Waals surface area contributed by atoms with Crippen LogP contribution in [0.4, 0.5) is 0 Å². The third-order valence-corrected chi connectivity index (χ3v) is 9.23. The average molecular weight is 658 g/mol. The van der Waals surface area contributed by atoms with Gasteiger partial charge in [0.15, 0.2) is 0 Å². The van der Waals surface area contributed by atoms with Gasteiger partial charge in [0.05, 0.1) is 11.4 Å². The molecule has 9 rings (SSSR count). The molecule has 1 aliphatic heterocycles. The van der Waals surface area contributed by atoms with Crippen molar-refractivity contribution in [3.63, 3.8) is 0 Å². The van der Waals surface area contributed by atoms with E-state index in [1.165, 1.54) is 0 Å². The fourth-order valence-corrected chi connectivity index (χ4v) is 6.65. The van der Waals surface area contributed by atoms with Crippen LogP contribution < -0.4 is 9.47 Å². The lowest BCUT2D eigenvalue weighted by molar-refractivity contribution is 0.125. The second kappa shape index (κ2) is 13.2. The number of hydrogen-bond donors (Lipinski definition) is 0. The van der Waals surface area contributed by atoms with Crippen LogP contribution in [-0.2, 0) is 0 Å². The minimum absolute atomic E-state index is 0.131. The van der Waals surface area contributed by atoms with Crippen molar-refractivity contribution in [1.29, 1.82) is 0 Å². The Morgan fingerprint density at radius 2 is 0.784 bits per heavy atom. The molecule has 0 unspecified atom stereocenters. The zero-order chi connectivity index (χ0) is 34.0. The number of aromatic nitrogens is 3. The third-order valence-electron chi connectivity index (χ3n) is 9.23. The van der Waals surface area contributed by atoms with E-state index in [1.807, 2.05) is 73.1 Å². The second-order valence-electron chi connectivity index (χ2n) is 12.5. The Bertz CT molecular complexity index is 2190. The van der Waals surface area contributed by atoms with E-state index in [-0.39, 0.29) is 6.79 Å². The Kier molecular flexibility index (Phi) is 7.84. The zero-order valence-electron chi connectivity index (χ0n) is 27.6. The highest BCUT2D eigenvalue weighted by Gasteiger charge is 2.20. The van der Waals surface area contributed by atoms with Crippen molar-refractivity contribution >= 4 is 0 Å². The normalized spacial score (nSPS) is 11.8. The van der Waals surface area contributed by atoms with Gasteiger partial charge in [-0.3, -0.25) is 9.97 Å². The number of fused-ring (bicyclic) bond motifs is 3. The molecule has 51 heavy (non-hydrogen) atoms. The molecule has 0 amide bonds. The monoisotopic (exact) mass is 657 g/mol. The Balaban J connectivity index is 1.18. The zero-order valence-corrected chi connectivity index (χ0v) is 27.6. The Morgan fingerprint density at radius 3 is 1.24 bits per heavy atom. The molecule has 0 saturated carbocycles. The molecular weight excluding hydrogens is 627 g/mol. The van der Waals surface area contributed by atoms with E-state index in [0.717, 1.165) is 89.6 Å². The molecular formula is C46H31N3O2. The summed E-state index contributed by atoms with van der Waals surface area (Å²) in [4.78, 5) is 13.9. The van der Waals surface area contributed by atoms with Gasteiger partial charge in [0.2, 0.25) is 6.79 Å². The van der Waals surface area contributed by atoms with Crippen molar-refractivity contribution in [3.05, 3.63) is 176 Å². The molecule has 4 heterocycles. The third kappa shape index (κ3) is 6.13. The van der Waals surface area contributed by atoms with Gasteiger partial charge in [-0.15, -0.1) is 0 Å². The number of nitrogens with zero attached hydrogens (tertiary/aromatic N) is 3. The van der Waals surface area contributed by atoms with Crippen molar-refractivity contribution in [1.82, 2.24) is 15.0 Å². The molecule has 0 bridgehead atoms. The van der Waals surface area contributed by atoms with Crippen LogP contribution in [0.5, 0.6) is 11.5 Å². The standard InChI is InChI=1S/C46H31N3O2/c1-3-9-31(10-4-1)43-26-40(27-44(49-43)32-11-5-2-6-12-32)34-16-18-46-42(25-34)41-24-33(15-17-45(41)50-30-51-46)37-21-38(35-13-7-19-47-28-35)23-39(22-37)36-14-8-20-48-29-36/h1-29H,30H2. The van der Waals surface area contributed by atoms with Gasteiger partial charge in [-0.25, -0.2) is 4.98 Å². The van der Waals surface area contributed by atoms with E-state index >= 15 is 0 Å². The summed E-state index contributed by atoms with van der Waals surface area (Å²) in [7, 11) is 0. The van der Waals surface area contributed by atoms with E-state index in [2.05, 4.69) is 101 Å². The molecule has 8 aromatic rings. The smallest absolute Gasteiger partial charge is 0.230 e. The van der Waals surface area contributed by atoms with Crippen LogP contribution >= 0.6 is 0 Å². The molecule has 0 aliphatic carbocycles. The van der Waals surface area contributed by atoms with Crippen LogP contribution in [0.25, 0.3) is 78.1 Å². The molecule has 5 heteroatoms. The quantitative estimate of drug-likeness (QED) is 0.178. The number of rotatable bonds is 6. The second-order valence-corrected chi connectivity index (χ2v) is 12.5. The molecule has 0 N–H and O–H groups in total. The summed E-state index contributed by atoms with van der Waals surface area (Å²) in [6, 6.07) is 52.5. The molecule has 242 valence electrons. The molecule has 3 aromatic heterocycles. The molecule has 5 aromatic carbocycles. The van der Waals surface area contributed by atoms with Crippen LogP contribution in [0.15, 0.2) is 176 Å². The summed E-state index contributed by atoms with van der Waals surface area (Å²) >= 11 is 0. The van der Waals surface area contributed by atoms with Gasteiger partial charge in [-0.1, -0.05) is 84.9 Å². The first-order valence-electron chi connectivity index (χ1n) is 16.9. The maximum Gasteiger partial charge on any atom is 0.230 e. The highest BCUT2D eigenvalue weighted by molar-refractivity contribution is 5.88. The van der Waals surface area contributed by atoms with E-state index in [1.54, 1.807) is 12.4 Å². The Morgan fingerprint density at radius 1 is 0.353 bits per heavy atom. The van der Waals surface area contributed by atoms with E-state index in [4.69, 9.17) is 14.5 Å². The predicted octanol–water partition coefficient (Wildman–Crippen LogP) is 11.3. The summed E-state index contributed by atoms with van der Waals surface area (Å²) in [5, 5.41) is 0. The van der Waals surface area contributed by atoms with Crippen LogP contribution in [0.1, 0.15) is 0 Å². The van der Waals surface area contributed by atoms with Crippen molar-refractivity contribution in [2.45, 2.75) is 0 Å². The van der Waals surface area contributed by atoms with Gasteiger partial charge in [0.1, 0.15) is 11.5 Å². The fraction of sp³-hybridized carbons (Fsp3) is 0.0217. The first-order valence-corrected chi connectivity index (χ1v) is 16.9. The maximum atomic E-state index is 6.16. The minimum Gasteiger partial charge on any atom is -0.457 e. The molecule has 5 nitrogen and oxygen atoms in total. The van der Waals surface area contributed by atoms with Crippen molar-refractivity contribution in [2.75, 3.05) is 6.79 Å². The van der Waals surface area contributed by atoms with Gasteiger partial charge >= 0.3 is 0 Å². The van der Waals surface area contributed by atoms with Gasteiger partial charge in [-0.05, 0) is 100 Å². The summed E-state index contributed by atoms with van der Waals surface area (Å²) in [6.07, 6.45) is 7.40. The lowest BCUT2D eigenvalue weighted by Gasteiger charge is -2.15. The summed E-state index contributed by atoms with van der Waals surface area (Å²) < 4.78 is 12.3. The minimum atomic E-state index is 0.131. The van der Waals surface area contributed by atoms with Crippen LogP contribution in [0, 0.1) is 0 Å². The molecule has 0 radical (unpaired) electrons. The molecule has 0 atom stereocenters. The van der Waals surface area contributed by atoms with E-state index in [0.29, 0.717) is 0 Å². The highest BCUT2D eigenvalue weighted by Crippen LogP contribution is 2.44. The van der Waals surface area contributed by atoms with Crippen molar-refractivity contribution in [2.24, 2.45) is 0 Å². The molecule has 0 spiro atoms. The van der Waals surface area contributed by atoms with Gasteiger partial charge in [0.25, 0.3) is 0 Å². The van der Waals surface area contributed by atoms with Crippen molar-refractivity contribution in [3.8, 4) is 89.6 Å². The van der Waals surface area contributed by atoms with Gasteiger partial charge < -0.3 is 9.47 Å². The molecule has 0 saturated heterocycles. The van der Waals surface area contributed by atoms with Gasteiger partial charge in [0, 0.05) is 58.2 Å². The lowest BCUT2D eigenvalue weighted by Crippen LogP contribution is -2.03. The first-order chi connectivity index (χ1) is 25.2. The maximum absolute atomic E-state index is 6.16. The molecule has 1 aliphatic rings. The van der Waals surface area contributed by atoms with Crippen LogP contribution in [0.3, 0.4) is 0 Å². The lowest BCUT2D eigenvalue weighted by atomic mass is 9.91. The van der Waals surface area contributed by atoms with E-state index < -0.39 is 0 Å². The topological polar surface area (TPSA) is 57.1 Å². The van der Waals surface area contributed by atoms with Crippen LogP contribution in [0.2, 0.25) is 0 Å². The summed E-state index contributed by atoms with van der Waals surface area (Å²) in [5.74, 6) is 1.55.